The molecule has 0 bridgehead atoms. The molecule has 0 spiro atoms. The third kappa shape index (κ3) is 2.59. The van der Waals surface area contributed by atoms with Crippen molar-refractivity contribution in [1.82, 2.24) is 4.90 Å². The summed E-state index contributed by atoms with van der Waals surface area (Å²) in [7, 11) is 0. The van der Waals surface area contributed by atoms with E-state index in [0.717, 1.165) is 5.56 Å². The number of hydrogen-bond donors (Lipinski definition) is 2. The van der Waals surface area contributed by atoms with E-state index in [-0.39, 0.29) is 19.5 Å². The van der Waals surface area contributed by atoms with Crippen molar-refractivity contribution in [2.75, 3.05) is 18.8 Å². The summed E-state index contributed by atoms with van der Waals surface area (Å²) in [6, 6.07) is 7.02. The van der Waals surface area contributed by atoms with Crippen LogP contribution in [0.1, 0.15) is 12.0 Å². The molecule has 2 rings (SSSR count). The molecular weight excluding hydrogens is 245 g/mol. The van der Waals surface area contributed by atoms with E-state index in [1.165, 1.54) is 0 Å². The minimum atomic E-state index is -4.57. The molecule has 0 aliphatic carbocycles. The van der Waals surface area contributed by atoms with E-state index in [1.807, 2.05) is 0 Å². The van der Waals surface area contributed by atoms with Crippen LogP contribution in [0.3, 0.4) is 0 Å². The molecule has 0 radical (unpaired) electrons. The van der Waals surface area contributed by atoms with E-state index in [4.69, 9.17) is 5.73 Å². The molecule has 1 aliphatic rings. The first kappa shape index (κ1) is 13.2. The average molecular weight is 260 g/mol. The minimum Gasteiger partial charge on any atom is -0.399 e. The van der Waals surface area contributed by atoms with Gasteiger partial charge in [-0.1, -0.05) is 12.1 Å². The van der Waals surface area contributed by atoms with Gasteiger partial charge in [0.15, 0.2) is 5.60 Å². The molecule has 1 aromatic carbocycles. The lowest BCUT2D eigenvalue weighted by molar-refractivity contribution is -0.254. The highest BCUT2D eigenvalue weighted by molar-refractivity contribution is 5.40. The van der Waals surface area contributed by atoms with Gasteiger partial charge in [-0.25, -0.2) is 0 Å². The molecule has 100 valence electrons. The third-order valence-electron chi connectivity index (χ3n) is 3.21. The Morgan fingerprint density at radius 2 is 2.11 bits per heavy atom. The van der Waals surface area contributed by atoms with Gasteiger partial charge in [0.2, 0.25) is 0 Å². The normalized spacial score (nSPS) is 25.6. The number of anilines is 1. The first-order chi connectivity index (χ1) is 8.30. The van der Waals surface area contributed by atoms with Crippen molar-refractivity contribution in [3.8, 4) is 0 Å². The van der Waals surface area contributed by atoms with E-state index >= 15 is 0 Å². The van der Waals surface area contributed by atoms with Gasteiger partial charge in [-0.15, -0.1) is 0 Å². The number of alkyl halides is 3. The van der Waals surface area contributed by atoms with Gasteiger partial charge in [0.25, 0.3) is 0 Å². The summed E-state index contributed by atoms with van der Waals surface area (Å²) in [5.74, 6) is 0. The number of likely N-dealkylation sites (tertiary alicyclic amines) is 1. The number of benzene rings is 1. The highest BCUT2D eigenvalue weighted by Crippen LogP contribution is 2.37. The van der Waals surface area contributed by atoms with Crippen molar-refractivity contribution < 1.29 is 18.3 Å². The Morgan fingerprint density at radius 3 is 2.67 bits per heavy atom. The Bertz CT molecular complexity index is 436. The zero-order valence-electron chi connectivity index (χ0n) is 9.74. The summed E-state index contributed by atoms with van der Waals surface area (Å²) in [5, 5.41) is 9.54. The van der Waals surface area contributed by atoms with Gasteiger partial charge in [0.1, 0.15) is 0 Å². The fraction of sp³-hybridized carbons (Fsp3) is 0.500. The Balaban J connectivity index is 2.02. The molecule has 6 heteroatoms. The summed E-state index contributed by atoms with van der Waals surface area (Å²) in [6.07, 6.45) is -4.85. The molecule has 0 saturated carbocycles. The largest absolute Gasteiger partial charge is 0.418 e. The predicted molar refractivity (Wildman–Crippen MR) is 61.8 cm³/mol. The standard InChI is InChI=1S/C12H15F3N2O/c13-12(14,15)11(18)4-5-17(8-11)7-9-2-1-3-10(16)6-9/h1-3,6,18H,4-5,7-8,16H2. The van der Waals surface area contributed by atoms with Gasteiger partial charge in [-0.2, -0.15) is 13.2 Å². The lowest BCUT2D eigenvalue weighted by Crippen LogP contribution is -2.47. The Morgan fingerprint density at radius 1 is 1.39 bits per heavy atom. The Hall–Kier alpha value is -1.27. The van der Waals surface area contributed by atoms with E-state index in [1.54, 1.807) is 29.2 Å². The molecule has 1 atom stereocenters. The van der Waals surface area contributed by atoms with Gasteiger partial charge in [-0.3, -0.25) is 4.90 Å². The zero-order chi connectivity index (χ0) is 13.4. The average Bonchev–Trinajstić information content (AvgIpc) is 2.60. The number of nitrogen functional groups attached to an aromatic ring is 1. The summed E-state index contributed by atoms with van der Waals surface area (Å²) in [4.78, 5) is 1.59. The molecular formula is C12H15F3N2O. The van der Waals surface area contributed by atoms with E-state index in [9.17, 15) is 18.3 Å². The number of aliphatic hydroxyl groups is 1. The maximum atomic E-state index is 12.6. The highest BCUT2D eigenvalue weighted by Gasteiger charge is 2.56. The number of β-amino-alcohol motifs (C(OH)–C–C–N with tert-alkyl or cyclic N) is 1. The smallest absolute Gasteiger partial charge is 0.399 e. The van der Waals surface area contributed by atoms with E-state index in [0.29, 0.717) is 12.2 Å². The zero-order valence-corrected chi connectivity index (χ0v) is 9.74. The molecule has 1 saturated heterocycles. The summed E-state index contributed by atoms with van der Waals surface area (Å²) < 4.78 is 37.9. The molecule has 3 nitrogen and oxygen atoms in total. The lowest BCUT2D eigenvalue weighted by Gasteiger charge is -2.26. The lowest BCUT2D eigenvalue weighted by atomic mass is 10.0. The number of hydrogen-bond acceptors (Lipinski definition) is 3. The van der Waals surface area contributed by atoms with E-state index < -0.39 is 11.8 Å². The van der Waals surface area contributed by atoms with Crippen molar-refractivity contribution in [3.05, 3.63) is 29.8 Å². The van der Waals surface area contributed by atoms with Crippen molar-refractivity contribution in [1.29, 1.82) is 0 Å². The number of halogens is 3. The Labute approximate surface area is 103 Å². The molecule has 18 heavy (non-hydrogen) atoms. The van der Waals surface area contributed by atoms with Gasteiger partial charge in [-0.05, 0) is 24.1 Å². The van der Waals surface area contributed by atoms with Crippen LogP contribution in [0.2, 0.25) is 0 Å². The fourth-order valence-electron chi connectivity index (χ4n) is 2.19. The maximum Gasteiger partial charge on any atom is 0.418 e. The van der Waals surface area contributed by atoms with Gasteiger partial charge in [0, 0.05) is 25.3 Å². The maximum absolute atomic E-state index is 12.6. The molecule has 1 unspecified atom stereocenters. The quantitative estimate of drug-likeness (QED) is 0.797. The van der Waals surface area contributed by atoms with Gasteiger partial charge < -0.3 is 10.8 Å². The molecule has 1 heterocycles. The number of rotatable bonds is 2. The van der Waals surface area contributed by atoms with Crippen LogP contribution in [0.15, 0.2) is 24.3 Å². The van der Waals surface area contributed by atoms with Crippen LogP contribution < -0.4 is 5.73 Å². The van der Waals surface area contributed by atoms with Crippen LogP contribution in [-0.4, -0.2) is 34.9 Å². The van der Waals surface area contributed by atoms with Crippen LogP contribution in [0.25, 0.3) is 0 Å². The van der Waals surface area contributed by atoms with Crippen LogP contribution in [0.4, 0.5) is 18.9 Å². The predicted octanol–water partition coefficient (Wildman–Crippen LogP) is 1.77. The summed E-state index contributed by atoms with van der Waals surface area (Å²) in [6.45, 7) is 0.208. The van der Waals surface area contributed by atoms with Crippen LogP contribution >= 0.6 is 0 Å². The van der Waals surface area contributed by atoms with Crippen molar-refractivity contribution in [2.24, 2.45) is 0 Å². The molecule has 3 N–H and O–H groups in total. The molecule has 1 fully saturated rings. The number of nitrogens with two attached hydrogens (primary N) is 1. The highest BCUT2D eigenvalue weighted by atomic mass is 19.4. The second-order valence-electron chi connectivity index (χ2n) is 4.74. The second kappa shape index (κ2) is 4.44. The second-order valence-corrected chi connectivity index (χ2v) is 4.74. The fourth-order valence-corrected chi connectivity index (χ4v) is 2.19. The monoisotopic (exact) mass is 260 g/mol. The number of nitrogens with zero attached hydrogens (tertiary/aromatic N) is 1. The first-order valence-electron chi connectivity index (χ1n) is 5.66. The first-order valence-corrected chi connectivity index (χ1v) is 5.66. The summed E-state index contributed by atoms with van der Waals surface area (Å²) >= 11 is 0. The Kier molecular flexibility index (Phi) is 3.25. The SMILES string of the molecule is Nc1cccc(CN2CCC(O)(C(F)(F)F)C2)c1. The molecule has 0 aromatic heterocycles. The van der Waals surface area contributed by atoms with Crippen LogP contribution in [0, 0.1) is 0 Å². The molecule has 1 aliphatic heterocycles. The van der Waals surface area contributed by atoms with Crippen molar-refractivity contribution in [2.45, 2.75) is 24.7 Å². The van der Waals surface area contributed by atoms with Crippen molar-refractivity contribution in [3.63, 3.8) is 0 Å². The topological polar surface area (TPSA) is 49.5 Å². The third-order valence-corrected chi connectivity index (χ3v) is 3.21. The minimum absolute atomic E-state index is 0.227. The van der Waals surface area contributed by atoms with E-state index in [2.05, 4.69) is 0 Å². The van der Waals surface area contributed by atoms with Gasteiger partial charge >= 0.3 is 6.18 Å². The van der Waals surface area contributed by atoms with Crippen molar-refractivity contribution >= 4 is 5.69 Å². The molecule has 0 amide bonds. The molecule has 1 aromatic rings. The van der Waals surface area contributed by atoms with Crippen LogP contribution in [0.5, 0.6) is 0 Å². The van der Waals surface area contributed by atoms with Gasteiger partial charge in [0.05, 0.1) is 0 Å². The summed E-state index contributed by atoms with van der Waals surface area (Å²) in [5.41, 5.74) is 4.46. The van der Waals surface area contributed by atoms with Crippen LogP contribution in [-0.2, 0) is 6.54 Å².